The first kappa shape index (κ1) is 11.5. The van der Waals surface area contributed by atoms with Crippen LogP contribution in [0.2, 0.25) is 0 Å². The lowest BCUT2D eigenvalue weighted by Gasteiger charge is -2.06. The fourth-order valence-corrected chi connectivity index (χ4v) is 1.58. The van der Waals surface area contributed by atoms with Crippen molar-refractivity contribution in [1.82, 2.24) is 0 Å². The molecule has 1 nitrogen and oxygen atoms in total. The molecule has 0 N–H and O–H groups in total. The molecule has 0 radical (unpaired) electrons. The molecule has 2 aromatic carbocycles. The van der Waals surface area contributed by atoms with Crippen LogP contribution in [-0.2, 0) is 0 Å². The summed E-state index contributed by atoms with van der Waals surface area (Å²) < 4.78 is 5.73. The molecule has 86 valence electrons. The summed E-state index contributed by atoms with van der Waals surface area (Å²) in [6.45, 7) is 4.15. The van der Waals surface area contributed by atoms with E-state index in [2.05, 4.69) is 25.1 Å². The molecule has 2 aromatic rings. The van der Waals surface area contributed by atoms with Gasteiger partial charge in [-0.25, -0.2) is 0 Å². The van der Waals surface area contributed by atoms with Crippen molar-refractivity contribution in [1.29, 1.82) is 0 Å². The SMILES string of the molecule is C/C=C(\C)c1ccc(Oc2ccccc2)cc1. The van der Waals surface area contributed by atoms with Gasteiger partial charge in [-0.1, -0.05) is 36.4 Å². The largest absolute Gasteiger partial charge is 0.457 e. The predicted molar refractivity (Wildman–Crippen MR) is 72.3 cm³/mol. The lowest BCUT2D eigenvalue weighted by molar-refractivity contribution is 0.482. The van der Waals surface area contributed by atoms with Crippen LogP contribution in [0.15, 0.2) is 60.7 Å². The van der Waals surface area contributed by atoms with E-state index < -0.39 is 0 Å². The van der Waals surface area contributed by atoms with Crippen LogP contribution in [-0.4, -0.2) is 0 Å². The van der Waals surface area contributed by atoms with Crippen molar-refractivity contribution in [3.05, 3.63) is 66.2 Å². The maximum absolute atomic E-state index is 5.73. The molecular formula is C16H16O. The third kappa shape index (κ3) is 2.97. The van der Waals surface area contributed by atoms with Gasteiger partial charge in [-0.05, 0) is 49.2 Å². The van der Waals surface area contributed by atoms with Gasteiger partial charge in [-0.2, -0.15) is 0 Å². The number of ether oxygens (including phenoxy) is 1. The number of allylic oxidation sites excluding steroid dienone is 2. The van der Waals surface area contributed by atoms with E-state index in [1.165, 1.54) is 11.1 Å². The van der Waals surface area contributed by atoms with Crippen LogP contribution in [0.3, 0.4) is 0 Å². The summed E-state index contributed by atoms with van der Waals surface area (Å²) in [5.74, 6) is 1.73. The Morgan fingerprint density at radius 2 is 1.47 bits per heavy atom. The normalized spacial score (nSPS) is 11.3. The van der Waals surface area contributed by atoms with Crippen LogP contribution in [0.1, 0.15) is 19.4 Å². The van der Waals surface area contributed by atoms with Crippen molar-refractivity contribution in [3.63, 3.8) is 0 Å². The van der Waals surface area contributed by atoms with E-state index >= 15 is 0 Å². The first-order valence-electron chi connectivity index (χ1n) is 5.76. The van der Waals surface area contributed by atoms with Crippen LogP contribution >= 0.6 is 0 Å². The van der Waals surface area contributed by atoms with E-state index in [-0.39, 0.29) is 0 Å². The topological polar surface area (TPSA) is 9.23 Å². The number of hydrogen-bond acceptors (Lipinski definition) is 1. The van der Waals surface area contributed by atoms with Gasteiger partial charge in [-0.15, -0.1) is 0 Å². The van der Waals surface area contributed by atoms with Crippen LogP contribution in [0, 0.1) is 0 Å². The summed E-state index contributed by atoms with van der Waals surface area (Å²) >= 11 is 0. The first-order valence-corrected chi connectivity index (χ1v) is 5.76. The van der Waals surface area contributed by atoms with Crippen LogP contribution in [0.4, 0.5) is 0 Å². The average molecular weight is 224 g/mol. The lowest BCUT2D eigenvalue weighted by Crippen LogP contribution is -1.84. The van der Waals surface area contributed by atoms with E-state index in [1.54, 1.807) is 0 Å². The fraction of sp³-hybridized carbons (Fsp3) is 0.125. The maximum Gasteiger partial charge on any atom is 0.127 e. The monoisotopic (exact) mass is 224 g/mol. The van der Waals surface area contributed by atoms with Gasteiger partial charge in [0.2, 0.25) is 0 Å². The predicted octanol–water partition coefficient (Wildman–Crippen LogP) is 4.90. The summed E-state index contributed by atoms with van der Waals surface area (Å²) in [5, 5.41) is 0. The van der Waals surface area contributed by atoms with E-state index in [4.69, 9.17) is 4.74 Å². The van der Waals surface area contributed by atoms with Gasteiger partial charge >= 0.3 is 0 Å². The Kier molecular flexibility index (Phi) is 3.61. The number of hydrogen-bond donors (Lipinski definition) is 0. The molecule has 17 heavy (non-hydrogen) atoms. The second-order valence-corrected chi connectivity index (χ2v) is 3.91. The highest BCUT2D eigenvalue weighted by Gasteiger charge is 1.98. The highest BCUT2D eigenvalue weighted by Crippen LogP contribution is 2.23. The van der Waals surface area contributed by atoms with Crippen molar-refractivity contribution in [2.75, 3.05) is 0 Å². The van der Waals surface area contributed by atoms with Crippen molar-refractivity contribution in [2.24, 2.45) is 0 Å². The third-order valence-corrected chi connectivity index (χ3v) is 2.72. The zero-order valence-corrected chi connectivity index (χ0v) is 10.2. The minimum absolute atomic E-state index is 0.864. The van der Waals surface area contributed by atoms with Crippen LogP contribution < -0.4 is 4.74 Å². The Balaban J connectivity index is 2.14. The lowest BCUT2D eigenvalue weighted by atomic mass is 10.1. The molecule has 0 aliphatic rings. The molecule has 0 atom stereocenters. The molecule has 0 bridgehead atoms. The van der Waals surface area contributed by atoms with Crippen molar-refractivity contribution in [2.45, 2.75) is 13.8 Å². The molecule has 0 aromatic heterocycles. The van der Waals surface area contributed by atoms with E-state index in [0.29, 0.717) is 0 Å². The van der Waals surface area contributed by atoms with Crippen LogP contribution in [0.5, 0.6) is 11.5 Å². The summed E-state index contributed by atoms with van der Waals surface area (Å²) in [7, 11) is 0. The smallest absolute Gasteiger partial charge is 0.127 e. The highest BCUT2D eigenvalue weighted by atomic mass is 16.5. The summed E-state index contributed by atoms with van der Waals surface area (Å²) in [5.41, 5.74) is 2.50. The molecule has 0 amide bonds. The minimum atomic E-state index is 0.864. The molecule has 2 rings (SSSR count). The molecule has 0 saturated carbocycles. The zero-order chi connectivity index (χ0) is 12.1. The van der Waals surface area contributed by atoms with Gasteiger partial charge in [0.05, 0.1) is 0 Å². The van der Waals surface area contributed by atoms with E-state index in [1.807, 2.05) is 49.4 Å². The molecule has 0 aliphatic carbocycles. The maximum atomic E-state index is 5.73. The van der Waals surface area contributed by atoms with Gasteiger partial charge in [-0.3, -0.25) is 0 Å². The molecule has 0 saturated heterocycles. The third-order valence-electron chi connectivity index (χ3n) is 2.72. The van der Waals surface area contributed by atoms with Gasteiger partial charge in [0, 0.05) is 0 Å². The van der Waals surface area contributed by atoms with Gasteiger partial charge in [0.1, 0.15) is 11.5 Å². The summed E-state index contributed by atoms with van der Waals surface area (Å²) in [4.78, 5) is 0. The molecule has 0 unspecified atom stereocenters. The molecule has 1 heteroatoms. The first-order chi connectivity index (χ1) is 8.29. The molecule has 0 fully saturated rings. The molecular weight excluding hydrogens is 208 g/mol. The van der Waals surface area contributed by atoms with Gasteiger partial charge < -0.3 is 4.74 Å². The van der Waals surface area contributed by atoms with Crippen molar-refractivity contribution in [3.8, 4) is 11.5 Å². The standard InChI is InChI=1S/C16H16O/c1-3-13(2)14-9-11-16(12-10-14)17-15-7-5-4-6-8-15/h3-12H,1-2H3/b13-3+. The highest BCUT2D eigenvalue weighted by molar-refractivity contribution is 5.63. The molecule has 0 heterocycles. The minimum Gasteiger partial charge on any atom is -0.457 e. The Morgan fingerprint density at radius 1 is 0.882 bits per heavy atom. The Labute approximate surface area is 102 Å². The van der Waals surface area contributed by atoms with Crippen molar-refractivity contribution < 1.29 is 4.74 Å². The van der Waals surface area contributed by atoms with E-state index in [9.17, 15) is 0 Å². The Bertz CT molecular complexity index is 495. The fourth-order valence-electron chi connectivity index (χ4n) is 1.58. The Hall–Kier alpha value is -2.02. The number of rotatable bonds is 3. The summed E-state index contributed by atoms with van der Waals surface area (Å²) in [6, 6.07) is 18.0. The van der Waals surface area contributed by atoms with Gasteiger partial charge in [0.15, 0.2) is 0 Å². The average Bonchev–Trinajstić information content (AvgIpc) is 2.40. The quantitative estimate of drug-likeness (QED) is 0.720. The summed E-state index contributed by atoms with van der Waals surface area (Å²) in [6.07, 6.45) is 2.10. The van der Waals surface area contributed by atoms with Crippen LogP contribution in [0.25, 0.3) is 5.57 Å². The van der Waals surface area contributed by atoms with Crippen molar-refractivity contribution >= 4 is 5.57 Å². The second kappa shape index (κ2) is 5.35. The second-order valence-electron chi connectivity index (χ2n) is 3.91. The molecule has 0 spiro atoms. The van der Waals surface area contributed by atoms with Gasteiger partial charge in [0.25, 0.3) is 0 Å². The Morgan fingerprint density at radius 3 is 2.06 bits per heavy atom. The zero-order valence-electron chi connectivity index (χ0n) is 10.2. The number of para-hydroxylation sites is 1. The van der Waals surface area contributed by atoms with E-state index in [0.717, 1.165) is 11.5 Å². The molecule has 0 aliphatic heterocycles. The number of benzene rings is 2.